The average Bonchev–Trinajstić information content (AvgIpc) is 2.77. The van der Waals surface area contributed by atoms with Gasteiger partial charge in [0.1, 0.15) is 5.72 Å². The molecule has 2 fully saturated rings. The van der Waals surface area contributed by atoms with Crippen LogP contribution in [0, 0.1) is 56.7 Å². The van der Waals surface area contributed by atoms with E-state index in [1.807, 2.05) is 18.2 Å². The van der Waals surface area contributed by atoms with Crippen LogP contribution >= 0.6 is 0 Å². The maximum Gasteiger partial charge on any atom is 0.245 e. The van der Waals surface area contributed by atoms with Crippen LogP contribution < -0.4 is 5.32 Å². The number of aliphatic hydroxyl groups is 1. The minimum Gasteiger partial charge on any atom is -0.370 e. The minimum atomic E-state index is -1.93. The number of hydrogen-bond donors (Lipinski definition) is 2. The average molecular weight is 320 g/mol. The van der Waals surface area contributed by atoms with Crippen molar-refractivity contribution in [1.82, 2.24) is 5.32 Å². The molecule has 3 rings (SSSR count). The largest absolute Gasteiger partial charge is 0.370 e. The Labute approximate surface area is 139 Å². The number of fused-ring (bicyclic) bond motifs is 2. The Morgan fingerprint density at radius 3 is 2.17 bits per heavy atom. The van der Waals surface area contributed by atoms with Crippen molar-refractivity contribution in [2.24, 2.45) is 22.7 Å². The Bertz CT molecular complexity index is 817. The maximum absolute atomic E-state index is 12.7. The first kappa shape index (κ1) is 16.0. The van der Waals surface area contributed by atoms with Crippen molar-refractivity contribution in [3.8, 4) is 18.2 Å². The van der Waals surface area contributed by atoms with Crippen molar-refractivity contribution in [3.05, 3.63) is 35.9 Å². The lowest BCUT2D eigenvalue weighted by atomic mass is 9.45. The highest BCUT2D eigenvalue weighted by Gasteiger charge is 2.79. The van der Waals surface area contributed by atoms with Crippen molar-refractivity contribution in [2.75, 3.05) is 0 Å². The molecule has 1 aromatic rings. The standard InChI is InChI=1S/C18H16N4O2/c1-11-14(13-6-4-3-5-7-13)16(8-19,9-20)17(10-21)12(2)18(11,24)22-15(17)23/h3-7,11-12,14,24H,1-2H3,(H,22,23)/t11-,12+,14+,17+,18+/m0/s1. The van der Waals surface area contributed by atoms with Gasteiger partial charge < -0.3 is 10.4 Å². The van der Waals surface area contributed by atoms with E-state index in [1.54, 1.807) is 44.2 Å². The molecule has 0 unspecified atom stereocenters. The number of rotatable bonds is 1. The van der Waals surface area contributed by atoms with Crippen molar-refractivity contribution >= 4 is 5.91 Å². The summed E-state index contributed by atoms with van der Waals surface area (Å²) in [5.41, 5.74) is -4.83. The summed E-state index contributed by atoms with van der Waals surface area (Å²) < 4.78 is 0. The molecule has 5 atom stereocenters. The number of carbonyl (C=O) groups is 1. The quantitative estimate of drug-likeness (QED) is 0.810. The number of nitriles is 3. The smallest absolute Gasteiger partial charge is 0.245 e. The van der Waals surface area contributed by atoms with Crippen LogP contribution in [0.4, 0.5) is 0 Å². The summed E-state index contributed by atoms with van der Waals surface area (Å²) in [6, 6.07) is 14.7. The molecule has 6 heteroatoms. The van der Waals surface area contributed by atoms with Gasteiger partial charge in [-0.3, -0.25) is 4.79 Å². The first-order valence-corrected chi connectivity index (χ1v) is 7.69. The molecule has 6 nitrogen and oxygen atoms in total. The van der Waals surface area contributed by atoms with Gasteiger partial charge >= 0.3 is 0 Å². The highest BCUT2D eigenvalue weighted by Crippen LogP contribution is 2.66. The molecule has 1 amide bonds. The zero-order valence-electron chi connectivity index (χ0n) is 13.3. The maximum atomic E-state index is 12.7. The van der Waals surface area contributed by atoms with Crippen LogP contribution in [0.15, 0.2) is 30.3 Å². The molecular formula is C18H16N4O2. The lowest BCUT2D eigenvalue weighted by molar-refractivity contribution is -0.135. The second-order valence-electron chi connectivity index (χ2n) is 6.63. The first-order chi connectivity index (χ1) is 11.4. The molecule has 1 heterocycles. The van der Waals surface area contributed by atoms with Gasteiger partial charge in [0.05, 0.1) is 18.2 Å². The monoisotopic (exact) mass is 320 g/mol. The molecule has 24 heavy (non-hydrogen) atoms. The van der Waals surface area contributed by atoms with Crippen LogP contribution in [0.3, 0.4) is 0 Å². The van der Waals surface area contributed by atoms with E-state index in [-0.39, 0.29) is 0 Å². The summed E-state index contributed by atoms with van der Waals surface area (Å²) in [5.74, 6) is -3.05. The summed E-state index contributed by atoms with van der Waals surface area (Å²) in [4.78, 5) is 12.7. The summed E-state index contributed by atoms with van der Waals surface area (Å²) >= 11 is 0. The van der Waals surface area contributed by atoms with E-state index in [1.165, 1.54) is 0 Å². The SMILES string of the molecule is C[C@H]1[C@H](c2ccccc2)C(C#N)(C#N)[C@@]2(C#N)C(=O)N[C@]1(O)[C@@H]2C. The van der Waals surface area contributed by atoms with Crippen molar-refractivity contribution in [3.63, 3.8) is 0 Å². The highest BCUT2D eigenvalue weighted by molar-refractivity contribution is 5.92. The second kappa shape index (κ2) is 4.81. The summed E-state index contributed by atoms with van der Waals surface area (Å²) in [6.07, 6.45) is 0. The topological polar surface area (TPSA) is 121 Å². The van der Waals surface area contributed by atoms with Gasteiger partial charge in [-0.15, -0.1) is 0 Å². The molecule has 1 saturated heterocycles. The molecule has 0 aromatic heterocycles. The van der Waals surface area contributed by atoms with E-state index in [0.29, 0.717) is 5.56 Å². The van der Waals surface area contributed by atoms with Gasteiger partial charge in [0.2, 0.25) is 5.91 Å². The van der Waals surface area contributed by atoms with Gasteiger partial charge in [-0.25, -0.2) is 0 Å². The van der Waals surface area contributed by atoms with E-state index in [2.05, 4.69) is 5.32 Å². The highest BCUT2D eigenvalue weighted by atomic mass is 16.3. The molecule has 2 N–H and O–H groups in total. The molecule has 2 bridgehead atoms. The van der Waals surface area contributed by atoms with E-state index < -0.39 is 40.2 Å². The Hall–Kier alpha value is -2.88. The molecular weight excluding hydrogens is 304 g/mol. The zero-order chi connectivity index (χ0) is 17.8. The van der Waals surface area contributed by atoms with Crippen LogP contribution in [0.25, 0.3) is 0 Å². The molecule has 2 aliphatic rings. The Morgan fingerprint density at radius 2 is 1.67 bits per heavy atom. The Morgan fingerprint density at radius 1 is 1.08 bits per heavy atom. The molecule has 0 radical (unpaired) electrons. The number of benzene rings is 1. The fourth-order valence-corrected chi connectivity index (χ4v) is 4.59. The summed E-state index contributed by atoms with van der Waals surface area (Å²) in [5, 5.41) is 43.3. The molecule has 120 valence electrons. The molecule has 1 aliphatic carbocycles. The third-order valence-corrected chi connectivity index (χ3v) is 5.95. The van der Waals surface area contributed by atoms with Crippen molar-refractivity contribution in [1.29, 1.82) is 15.8 Å². The third-order valence-electron chi connectivity index (χ3n) is 5.95. The van der Waals surface area contributed by atoms with Gasteiger partial charge in [-0.2, -0.15) is 15.8 Å². The van der Waals surface area contributed by atoms with Gasteiger partial charge in [0.15, 0.2) is 10.8 Å². The van der Waals surface area contributed by atoms with Crippen molar-refractivity contribution < 1.29 is 9.90 Å². The van der Waals surface area contributed by atoms with E-state index in [0.717, 1.165) is 0 Å². The molecule has 1 saturated carbocycles. The third kappa shape index (κ3) is 1.44. The molecule has 0 spiro atoms. The van der Waals surface area contributed by atoms with Crippen LogP contribution in [-0.2, 0) is 4.79 Å². The van der Waals surface area contributed by atoms with Gasteiger partial charge in [0.25, 0.3) is 0 Å². The second-order valence-corrected chi connectivity index (χ2v) is 6.63. The van der Waals surface area contributed by atoms with Gasteiger partial charge in [-0.05, 0) is 5.56 Å². The molecule has 1 aromatic carbocycles. The van der Waals surface area contributed by atoms with E-state index in [4.69, 9.17) is 0 Å². The summed E-state index contributed by atoms with van der Waals surface area (Å²) in [6.45, 7) is 3.24. The minimum absolute atomic E-state index is 0.623. The lowest BCUT2D eigenvalue weighted by Gasteiger charge is -2.51. The van der Waals surface area contributed by atoms with Crippen LogP contribution in [0.1, 0.15) is 25.3 Å². The summed E-state index contributed by atoms with van der Waals surface area (Å²) in [7, 11) is 0. The van der Waals surface area contributed by atoms with Crippen molar-refractivity contribution in [2.45, 2.75) is 25.5 Å². The predicted octanol–water partition coefficient (Wildman–Crippen LogP) is 1.42. The first-order valence-electron chi connectivity index (χ1n) is 7.69. The predicted molar refractivity (Wildman–Crippen MR) is 82.3 cm³/mol. The van der Waals surface area contributed by atoms with Gasteiger partial charge in [-0.1, -0.05) is 44.2 Å². The normalized spacial score (nSPS) is 39.2. The van der Waals surface area contributed by atoms with Crippen LogP contribution in [-0.4, -0.2) is 16.7 Å². The fraction of sp³-hybridized carbons (Fsp3) is 0.444. The van der Waals surface area contributed by atoms with E-state index in [9.17, 15) is 25.7 Å². The van der Waals surface area contributed by atoms with Gasteiger partial charge in [0, 0.05) is 17.8 Å². The Balaban J connectivity index is 2.40. The fourth-order valence-electron chi connectivity index (χ4n) is 4.59. The lowest BCUT2D eigenvalue weighted by Crippen LogP contribution is -2.62. The number of amides is 1. The number of nitrogens with zero attached hydrogens (tertiary/aromatic N) is 3. The van der Waals surface area contributed by atoms with Crippen LogP contribution in [0.5, 0.6) is 0 Å². The Kier molecular flexibility index (Phi) is 3.20. The zero-order valence-corrected chi connectivity index (χ0v) is 13.3. The van der Waals surface area contributed by atoms with E-state index >= 15 is 0 Å². The number of nitrogens with one attached hydrogen (secondary N) is 1. The molecule has 1 aliphatic heterocycles. The number of hydrogen-bond acceptors (Lipinski definition) is 5. The number of carbonyl (C=O) groups excluding carboxylic acids is 1. The van der Waals surface area contributed by atoms with Crippen LogP contribution in [0.2, 0.25) is 0 Å².